The summed E-state index contributed by atoms with van der Waals surface area (Å²) in [6, 6.07) is 1.84. The van der Waals surface area contributed by atoms with Crippen molar-refractivity contribution in [3.05, 3.63) is 33.9 Å². The number of benzene rings is 1. The lowest BCUT2D eigenvalue weighted by Gasteiger charge is -2.22. The third-order valence-electron chi connectivity index (χ3n) is 3.52. The second kappa shape index (κ2) is 4.65. The van der Waals surface area contributed by atoms with Crippen LogP contribution in [0.25, 0.3) is 6.08 Å². The van der Waals surface area contributed by atoms with Crippen LogP contribution in [0.1, 0.15) is 53.7 Å². The molecule has 100 valence electrons. The fourth-order valence-corrected chi connectivity index (χ4v) is 2.62. The summed E-state index contributed by atoms with van der Waals surface area (Å²) in [6.45, 7) is 7.63. The van der Waals surface area contributed by atoms with Crippen molar-refractivity contribution in [3.63, 3.8) is 0 Å². The summed E-state index contributed by atoms with van der Waals surface area (Å²) in [5.41, 5.74) is 3.64. The monoisotopic (exact) mass is 258 g/mol. The maximum atomic E-state index is 12.2. The molecule has 0 atom stereocenters. The van der Waals surface area contributed by atoms with Gasteiger partial charge in [0.1, 0.15) is 5.75 Å². The van der Waals surface area contributed by atoms with Crippen LogP contribution >= 0.6 is 0 Å². The molecular weight excluding hydrogens is 240 g/mol. The van der Waals surface area contributed by atoms with Crippen molar-refractivity contribution in [2.24, 2.45) is 0 Å². The van der Waals surface area contributed by atoms with Crippen LogP contribution in [-0.2, 0) is 4.79 Å². The van der Waals surface area contributed by atoms with Gasteiger partial charge in [0, 0.05) is 16.7 Å². The van der Waals surface area contributed by atoms with Gasteiger partial charge in [-0.1, -0.05) is 13.8 Å². The highest BCUT2D eigenvalue weighted by Gasteiger charge is 2.30. The van der Waals surface area contributed by atoms with E-state index < -0.39 is 11.6 Å². The van der Waals surface area contributed by atoms with Crippen molar-refractivity contribution >= 4 is 17.6 Å². The van der Waals surface area contributed by atoms with E-state index in [1.807, 2.05) is 19.1 Å². The molecule has 0 bridgehead atoms. The highest BCUT2D eigenvalue weighted by Crippen LogP contribution is 2.38. The Kier molecular flexibility index (Phi) is 3.31. The Labute approximate surface area is 113 Å². The second-order valence-electron chi connectivity index (χ2n) is 5.24. The standard InChI is InChI=1S/C16H18O3/c1-8(2)13-11-6-10(4)15(17)16(18)14(11)9(3)7-12(13)19-5/h6-8H,1-5H3. The molecule has 0 saturated heterocycles. The number of carbonyl (C=O) groups excluding carboxylic acids is 2. The molecule has 1 aliphatic carbocycles. The minimum Gasteiger partial charge on any atom is -0.496 e. The Morgan fingerprint density at radius 1 is 1.11 bits per heavy atom. The van der Waals surface area contributed by atoms with Gasteiger partial charge < -0.3 is 4.74 Å². The summed E-state index contributed by atoms with van der Waals surface area (Å²) in [5, 5.41) is 0. The van der Waals surface area contributed by atoms with Gasteiger partial charge in [-0.15, -0.1) is 0 Å². The number of ketones is 2. The first-order valence-corrected chi connectivity index (χ1v) is 6.37. The molecule has 2 rings (SSSR count). The largest absolute Gasteiger partial charge is 0.496 e. The van der Waals surface area contributed by atoms with Gasteiger partial charge >= 0.3 is 0 Å². The summed E-state index contributed by atoms with van der Waals surface area (Å²) in [7, 11) is 1.62. The van der Waals surface area contributed by atoms with Crippen molar-refractivity contribution in [2.75, 3.05) is 7.11 Å². The molecule has 0 saturated carbocycles. The number of fused-ring (bicyclic) bond motifs is 1. The molecule has 3 nitrogen and oxygen atoms in total. The molecule has 0 aromatic heterocycles. The van der Waals surface area contributed by atoms with Gasteiger partial charge in [-0.2, -0.15) is 0 Å². The third kappa shape index (κ3) is 1.99. The second-order valence-corrected chi connectivity index (χ2v) is 5.24. The van der Waals surface area contributed by atoms with E-state index in [4.69, 9.17) is 4.74 Å². The normalized spacial score (nSPS) is 14.5. The van der Waals surface area contributed by atoms with Crippen molar-refractivity contribution in [1.82, 2.24) is 0 Å². The summed E-state index contributed by atoms with van der Waals surface area (Å²) < 4.78 is 5.43. The molecule has 0 N–H and O–H groups in total. The van der Waals surface area contributed by atoms with E-state index in [0.717, 1.165) is 22.4 Å². The number of carbonyl (C=O) groups is 2. The smallest absolute Gasteiger partial charge is 0.234 e. The first-order chi connectivity index (χ1) is 8.88. The van der Waals surface area contributed by atoms with E-state index >= 15 is 0 Å². The maximum Gasteiger partial charge on any atom is 0.234 e. The Balaban J connectivity index is 2.87. The lowest BCUT2D eigenvalue weighted by Crippen LogP contribution is -2.22. The van der Waals surface area contributed by atoms with Crippen molar-refractivity contribution < 1.29 is 14.3 Å². The topological polar surface area (TPSA) is 43.4 Å². The SMILES string of the molecule is COc1cc(C)c2c(c1C(C)C)C=C(C)C(=O)C2=O. The zero-order chi connectivity index (χ0) is 14.3. The van der Waals surface area contributed by atoms with Gasteiger partial charge in [0.05, 0.1) is 7.11 Å². The quantitative estimate of drug-likeness (QED) is 0.764. The average Bonchev–Trinajstić information content (AvgIpc) is 2.34. The van der Waals surface area contributed by atoms with Crippen LogP contribution in [0.15, 0.2) is 11.6 Å². The molecule has 19 heavy (non-hydrogen) atoms. The molecule has 1 aromatic rings. The van der Waals surface area contributed by atoms with Crippen molar-refractivity contribution in [3.8, 4) is 5.75 Å². The summed E-state index contributed by atoms with van der Waals surface area (Å²) >= 11 is 0. The molecule has 0 radical (unpaired) electrons. The first kappa shape index (κ1) is 13.5. The molecule has 0 fully saturated rings. The Hall–Kier alpha value is -1.90. The fraction of sp³-hybridized carbons (Fsp3) is 0.375. The maximum absolute atomic E-state index is 12.2. The molecule has 1 aromatic carbocycles. The van der Waals surface area contributed by atoms with Crippen molar-refractivity contribution in [1.29, 1.82) is 0 Å². The minimum absolute atomic E-state index is 0.217. The number of methoxy groups -OCH3 is 1. The number of rotatable bonds is 2. The predicted octanol–water partition coefficient (Wildman–Crippen LogP) is 3.30. The van der Waals surface area contributed by atoms with Crippen LogP contribution in [-0.4, -0.2) is 18.7 Å². The average molecular weight is 258 g/mol. The number of aryl methyl sites for hydroxylation is 1. The highest BCUT2D eigenvalue weighted by atomic mass is 16.5. The fourth-order valence-electron chi connectivity index (χ4n) is 2.62. The lowest BCUT2D eigenvalue weighted by atomic mass is 9.82. The minimum atomic E-state index is -0.407. The van der Waals surface area contributed by atoms with Gasteiger partial charge in [0.25, 0.3) is 0 Å². The summed E-state index contributed by atoms with van der Waals surface area (Å²) in [4.78, 5) is 24.0. The Bertz CT molecular complexity index is 607. The van der Waals surface area contributed by atoms with Gasteiger partial charge in [0.2, 0.25) is 11.6 Å². The third-order valence-corrected chi connectivity index (χ3v) is 3.52. The van der Waals surface area contributed by atoms with Crippen LogP contribution < -0.4 is 4.74 Å². The van der Waals surface area contributed by atoms with Gasteiger partial charge in [-0.25, -0.2) is 0 Å². The molecule has 0 heterocycles. The highest BCUT2D eigenvalue weighted by molar-refractivity contribution is 6.52. The van der Waals surface area contributed by atoms with Gasteiger partial charge in [-0.3, -0.25) is 9.59 Å². The van der Waals surface area contributed by atoms with Crippen LogP contribution in [0.3, 0.4) is 0 Å². The molecule has 3 heteroatoms. The number of Topliss-reactive ketones (excluding diaryl/α,β-unsaturated/α-hetero) is 2. The summed E-state index contributed by atoms with van der Waals surface area (Å²) in [6.07, 6.45) is 1.81. The summed E-state index contributed by atoms with van der Waals surface area (Å²) in [5.74, 6) is 0.180. The van der Waals surface area contributed by atoms with Crippen LogP contribution in [0, 0.1) is 6.92 Å². The molecule has 0 aliphatic heterocycles. The van der Waals surface area contributed by atoms with E-state index in [0.29, 0.717) is 11.1 Å². The molecule has 0 amide bonds. The predicted molar refractivity (Wildman–Crippen MR) is 74.8 cm³/mol. The van der Waals surface area contributed by atoms with E-state index in [2.05, 4.69) is 13.8 Å². The van der Waals surface area contributed by atoms with Crippen LogP contribution in [0.4, 0.5) is 0 Å². The zero-order valence-electron chi connectivity index (χ0n) is 12.0. The Morgan fingerprint density at radius 2 is 1.74 bits per heavy atom. The van der Waals surface area contributed by atoms with E-state index in [1.165, 1.54) is 0 Å². The number of ether oxygens (including phenoxy) is 1. The van der Waals surface area contributed by atoms with E-state index in [1.54, 1.807) is 14.0 Å². The number of hydrogen-bond acceptors (Lipinski definition) is 3. The van der Waals surface area contributed by atoms with E-state index in [-0.39, 0.29) is 5.92 Å². The van der Waals surface area contributed by atoms with Gasteiger partial charge in [0.15, 0.2) is 0 Å². The van der Waals surface area contributed by atoms with Crippen LogP contribution in [0.2, 0.25) is 0 Å². The van der Waals surface area contributed by atoms with Crippen molar-refractivity contribution in [2.45, 2.75) is 33.6 Å². The molecular formula is C16H18O3. The molecule has 0 spiro atoms. The van der Waals surface area contributed by atoms with E-state index in [9.17, 15) is 9.59 Å². The Morgan fingerprint density at radius 3 is 2.26 bits per heavy atom. The molecule has 0 unspecified atom stereocenters. The van der Waals surface area contributed by atoms with Crippen LogP contribution in [0.5, 0.6) is 5.75 Å². The number of hydrogen-bond donors (Lipinski definition) is 0. The number of allylic oxidation sites excluding steroid dienone is 1. The molecule has 1 aliphatic rings. The zero-order valence-corrected chi connectivity index (χ0v) is 12.0. The first-order valence-electron chi connectivity index (χ1n) is 6.37. The van der Waals surface area contributed by atoms with Gasteiger partial charge in [-0.05, 0) is 43.0 Å². The lowest BCUT2D eigenvalue weighted by molar-refractivity contribution is -0.111.